The number of anilines is 1. The van der Waals surface area contributed by atoms with E-state index in [9.17, 15) is 22.8 Å². The molecule has 0 aliphatic carbocycles. The molecule has 4 N–H and O–H groups in total. The molecule has 0 bridgehead atoms. The van der Waals surface area contributed by atoms with E-state index >= 15 is 0 Å². The number of esters is 1. The van der Waals surface area contributed by atoms with Crippen LogP contribution >= 0.6 is 0 Å². The molecular weight excluding hydrogens is 450 g/mol. The number of nitrogens with two attached hydrogens (primary N) is 1. The molecule has 2 aromatic carbocycles. The second kappa shape index (κ2) is 10.6. The Morgan fingerprint density at radius 1 is 0.970 bits per heavy atom. The van der Waals surface area contributed by atoms with Crippen molar-refractivity contribution in [1.29, 1.82) is 0 Å². The summed E-state index contributed by atoms with van der Waals surface area (Å²) < 4.78 is 32.7. The minimum absolute atomic E-state index is 0.0292. The number of hydrogen-bond donors (Lipinski definition) is 3. The van der Waals surface area contributed by atoms with Crippen molar-refractivity contribution in [3.8, 4) is 0 Å². The summed E-state index contributed by atoms with van der Waals surface area (Å²) in [5, 5.41) is 10.1. The third-order valence-electron chi connectivity index (χ3n) is 4.43. The SMILES string of the molecule is NS(=O)(=O)c1ccc(NC(=O)COC(=O)[C@H](Cc2ccccc2)NC(=O)c2ccco2)cc1. The molecule has 1 aromatic heterocycles. The molecule has 11 heteroatoms. The monoisotopic (exact) mass is 471 g/mol. The summed E-state index contributed by atoms with van der Waals surface area (Å²) in [6.45, 7) is -0.613. The maximum Gasteiger partial charge on any atom is 0.329 e. The average molecular weight is 471 g/mol. The molecule has 1 heterocycles. The van der Waals surface area contributed by atoms with Crippen molar-refractivity contribution in [2.24, 2.45) is 5.14 Å². The Balaban J connectivity index is 1.60. The molecule has 172 valence electrons. The number of carbonyl (C=O) groups is 3. The van der Waals surface area contributed by atoms with Crippen LogP contribution in [0.3, 0.4) is 0 Å². The molecule has 0 spiro atoms. The number of furan rings is 1. The molecule has 0 fully saturated rings. The average Bonchev–Trinajstić information content (AvgIpc) is 3.33. The first-order valence-corrected chi connectivity index (χ1v) is 11.2. The molecule has 0 aliphatic rings. The molecule has 0 saturated carbocycles. The van der Waals surface area contributed by atoms with Crippen LogP contribution in [-0.2, 0) is 30.8 Å². The Kier molecular flexibility index (Phi) is 7.59. The van der Waals surface area contributed by atoms with Gasteiger partial charge in [-0.05, 0) is 42.0 Å². The Bertz CT molecular complexity index is 1210. The van der Waals surface area contributed by atoms with Gasteiger partial charge in [0.25, 0.3) is 11.8 Å². The van der Waals surface area contributed by atoms with Gasteiger partial charge in [-0.1, -0.05) is 30.3 Å². The lowest BCUT2D eigenvalue weighted by atomic mass is 10.1. The molecule has 0 unspecified atom stereocenters. The zero-order chi connectivity index (χ0) is 23.8. The maximum absolute atomic E-state index is 12.6. The van der Waals surface area contributed by atoms with Crippen LogP contribution in [0.5, 0.6) is 0 Å². The van der Waals surface area contributed by atoms with Crippen LogP contribution in [0.15, 0.2) is 82.3 Å². The van der Waals surface area contributed by atoms with Gasteiger partial charge in [0.2, 0.25) is 10.0 Å². The number of benzene rings is 2. The fraction of sp³-hybridized carbons (Fsp3) is 0.136. The summed E-state index contributed by atoms with van der Waals surface area (Å²) in [6.07, 6.45) is 1.47. The number of nitrogens with one attached hydrogen (secondary N) is 2. The summed E-state index contributed by atoms with van der Waals surface area (Å²) in [6, 6.07) is 16.1. The first kappa shape index (κ1) is 23.7. The smallest absolute Gasteiger partial charge is 0.329 e. The highest BCUT2D eigenvalue weighted by atomic mass is 32.2. The van der Waals surface area contributed by atoms with E-state index in [1.54, 1.807) is 30.3 Å². The molecular formula is C22H21N3O7S. The zero-order valence-corrected chi connectivity index (χ0v) is 18.1. The number of rotatable bonds is 9. The molecule has 3 aromatic rings. The van der Waals surface area contributed by atoms with Crippen LogP contribution in [0, 0.1) is 0 Å². The third kappa shape index (κ3) is 7.02. The number of primary sulfonamides is 1. The van der Waals surface area contributed by atoms with Gasteiger partial charge in [-0.25, -0.2) is 18.4 Å². The minimum atomic E-state index is -3.85. The minimum Gasteiger partial charge on any atom is -0.459 e. The van der Waals surface area contributed by atoms with Crippen molar-refractivity contribution in [1.82, 2.24) is 5.32 Å². The van der Waals surface area contributed by atoms with Gasteiger partial charge in [-0.2, -0.15) is 0 Å². The highest BCUT2D eigenvalue weighted by Gasteiger charge is 2.25. The van der Waals surface area contributed by atoms with E-state index in [1.165, 1.54) is 36.6 Å². The molecule has 0 radical (unpaired) electrons. The number of ether oxygens (including phenoxy) is 1. The second-order valence-electron chi connectivity index (χ2n) is 6.92. The lowest BCUT2D eigenvalue weighted by Gasteiger charge is -2.17. The lowest BCUT2D eigenvalue weighted by Crippen LogP contribution is -2.44. The van der Waals surface area contributed by atoms with Crippen LogP contribution < -0.4 is 15.8 Å². The Labute approximate surface area is 189 Å². The zero-order valence-electron chi connectivity index (χ0n) is 17.3. The standard InChI is InChI=1S/C22H21N3O7S/c23-33(29,30)17-10-8-16(9-11-17)24-20(26)14-32-22(28)18(13-15-5-2-1-3-6-15)25-21(27)19-7-4-12-31-19/h1-12,18H,13-14H2,(H,24,26)(H,25,27)(H2,23,29,30)/t18-/m0/s1. The van der Waals surface area contributed by atoms with Gasteiger partial charge in [0.1, 0.15) is 6.04 Å². The number of sulfonamides is 1. The van der Waals surface area contributed by atoms with Crippen molar-refractivity contribution in [3.05, 3.63) is 84.3 Å². The van der Waals surface area contributed by atoms with Crippen LogP contribution in [0.4, 0.5) is 5.69 Å². The number of amides is 2. The Morgan fingerprint density at radius 2 is 1.67 bits per heavy atom. The molecule has 0 aliphatic heterocycles. The molecule has 3 rings (SSSR count). The fourth-order valence-electron chi connectivity index (χ4n) is 2.84. The van der Waals surface area contributed by atoms with Crippen molar-refractivity contribution in [2.75, 3.05) is 11.9 Å². The summed E-state index contributed by atoms with van der Waals surface area (Å²) in [5.41, 5.74) is 1.06. The van der Waals surface area contributed by atoms with Crippen LogP contribution in [-0.4, -0.2) is 38.9 Å². The Hall–Kier alpha value is -3.96. The van der Waals surface area contributed by atoms with E-state index in [2.05, 4.69) is 10.6 Å². The van der Waals surface area contributed by atoms with E-state index in [4.69, 9.17) is 14.3 Å². The van der Waals surface area contributed by atoms with E-state index < -0.39 is 40.5 Å². The van der Waals surface area contributed by atoms with Crippen LogP contribution in [0.1, 0.15) is 16.1 Å². The highest BCUT2D eigenvalue weighted by Crippen LogP contribution is 2.13. The van der Waals surface area contributed by atoms with Crippen molar-refractivity contribution < 1.29 is 32.0 Å². The molecule has 2 amide bonds. The lowest BCUT2D eigenvalue weighted by molar-refractivity contribution is -0.149. The van der Waals surface area contributed by atoms with E-state index in [0.717, 1.165) is 5.56 Å². The normalized spacial score (nSPS) is 11.9. The quantitative estimate of drug-likeness (QED) is 0.399. The predicted octanol–water partition coefficient (Wildman–Crippen LogP) is 1.45. The molecule has 1 atom stereocenters. The van der Waals surface area contributed by atoms with Gasteiger partial charge in [0, 0.05) is 12.1 Å². The van der Waals surface area contributed by atoms with Gasteiger partial charge < -0.3 is 19.8 Å². The van der Waals surface area contributed by atoms with E-state index in [-0.39, 0.29) is 22.8 Å². The van der Waals surface area contributed by atoms with Crippen LogP contribution in [0.2, 0.25) is 0 Å². The fourth-order valence-corrected chi connectivity index (χ4v) is 3.36. The van der Waals surface area contributed by atoms with Gasteiger partial charge in [0.05, 0.1) is 11.2 Å². The van der Waals surface area contributed by atoms with Gasteiger partial charge >= 0.3 is 5.97 Å². The molecule has 0 saturated heterocycles. The highest BCUT2D eigenvalue weighted by molar-refractivity contribution is 7.89. The summed E-state index contributed by atoms with van der Waals surface area (Å²) in [7, 11) is -3.85. The summed E-state index contributed by atoms with van der Waals surface area (Å²) in [4.78, 5) is 37.0. The van der Waals surface area contributed by atoms with E-state index in [1.807, 2.05) is 6.07 Å². The molecule has 33 heavy (non-hydrogen) atoms. The predicted molar refractivity (Wildman–Crippen MR) is 118 cm³/mol. The number of carbonyl (C=O) groups excluding carboxylic acids is 3. The van der Waals surface area contributed by atoms with E-state index in [0.29, 0.717) is 0 Å². The first-order valence-electron chi connectivity index (χ1n) is 9.70. The van der Waals surface area contributed by atoms with Crippen molar-refractivity contribution in [3.63, 3.8) is 0 Å². The maximum atomic E-state index is 12.6. The van der Waals surface area contributed by atoms with Gasteiger partial charge in [-0.15, -0.1) is 0 Å². The van der Waals surface area contributed by atoms with Crippen LogP contribution in [0.25, 0.3) is 0 Å². The second-order valence-corrected chi connectivity index (χ2v) is 8.48. The van der Waals surface area contributed by atoms with Crippen molar-refractivity contribution in [2.45, 2.75) is 17.4 Å². The topological polar surface area (TPSA) is 158 Å². The van der Waals surface area contributed by atoms with Gasteiger partial charge in [-0.3, -0.25) is 9.59 Å². The van der Waals surface area contributed by atoms with Crippen molar-refractivity contribution >= 4 is 33.5 Å². The number of hydrogen-bond acceptors (Lipinski definition) is 7. The first-order chi connectivity index (χ1) is 15.7. The van der Waals surface area contributed by atoms with Gasteiger partial charge in [0.15, 0.2) is 12.4 Å². The summed E-state index contributed by atoms with van der Waals surface area (Å²) >= 11 is 0. The third-order valence-corrected chi connectivity index (χ3v) is 5.36. The Morgan fingerprint density at radius 3 is 2.27 bits per heavy atom. The largest absolute Gasteiger partial charge is 0.459 e. The molecule has 10 nitrogen and oxygen atoms in total. The summed E-state index contributed by atoms with van der Waals surface area (Å²) in [5.74, 6) is -2.03.